The predicted molar refractivity (Wildman–Crippen MR) is 125 cm³/mol. The number of carbonyl (C=O) groups excluding carboxylic acids is 2. The van der Waals surface area contributed by atoms with Gasteiger partial charge in [-0.2, -0.15) is 4.68 Å². The first-order valence-corrected chi connectivity index (χ1v) is 12.4. The van der Waals surface area contributed by atoms with Crippen LogP contribution in [-0.4, -0.2) is 51.7 Å². The number of nitrogens with zero attached hydrogens (tertiary/aromatic N) is 5. The average Bonchev–Trinajstić information content (AvgIpc) is 3.10. The van der Waals surface area contributed by atoms with E-state index in [2.05, 4.69) is 10.4 Å². The predicted octanol–water partition coefficient (Wildman–Crippen LogP) is 4.70. The Morgan fingerprint density at radius 2 is 1.72 bits per heavy atom. The highest BCUT2D eigenvalue weighted by atomic mass is 35.5. The van der Waals surface area contributed by atoms with Crippen molar-refractivity contribution in [2.45, 2.75) is 6.92 Å². The SMILES string of the molecule is CCN(C(=O)n1nnn(-c2c(Cl)cccc2Cl)c1=O)c1ccc(C(=O)OP(C)C)cc1Cl. The monoisotopic (exact) mass is 515 g/mol. The Morgan fingerprint density at radius 1 is 1.06 bits per heavy atom. The largest absolute Gasteiger partial charge is 0.442 e. The summed E-state index contributed by atoms with van der Waals surface area (Å²) >= 11 is 18.6. The molecular weight excluding hydrogens is 500 g/mol. The smallest absolute Gasteiger partial charge is 0.377 e. The average molecular weight is 517 g/mol. The maximum Gasteiger partial charge on any atom is 0.377 e. The molecule has 0 aliphatic rings. The number of hydrogen-bond acceptors (Lipinski definition) is 6. The summed E-state index contributed by atoms with van der Waals surface area (Å²) in [4.78, 5) is 39.3. The van der Waals surface area contributed by atoms with Crippen LogP contribution in [0, 0.1) is 0 Å². The molecule has 3 rings (SSSR count). The number of rotatable bonds is 5. The summed E-state index contributed by atoms with van der Waals surface area (Å²) in [5, 5.41) is 7.86. The Labute approximate surface area is 199 Å². The maximum atomic E-state index is 13.1. The van der Waals surface area contributed by atoms with E-state index in [0.717, 1.165) is 4.68 Å². The number of para-hydroxylation sites is 1. The van der Waals surface area contributed by atoms with Crippen LogP contribution in [0.3, 0.4) is 0 Å². The van der Waals surface area contributed by atoms with Gasteiger partial charge < -0.3 is 4.52 Å². The Morgan fingerprint density at radius 3 is 2.28 bits per heavy atom. The number of tetrazole rings is 1. The van der Waals surface area contributed by atoms with Crippen molar-refractivity contribution in [3.8, 4) is 5.69 Å². The second-order valence-corrected chi connectivity index (χ2v) is 9.57. The van der Waals surface area contributed by atoms with Crippen LogP contribution in [-0.2, 0) is 4.52 Å². The molecule has 32 heavy (non-hydrogen) atoms. The molecule has 0 unspecified atom stereocenters. The Bertz CT molecular complexity index is 1220. The van der Waals surface area contributed by atoms with E-state index in [0.29, 0.717) is 4.68 Å². The lowest BCUT2D eigenvalue weighted by Crippen LogP contribution is -2.41. The third kappa shape index (κ3) is 4.81. The molecule has 1 heterocycles. The van der Waals surface area contributed by atoms with Gasteiger partial charge in [0.25, 0.3) is 0 Å². The number of anilines is 1. The molecule has 2 aromatic carbocycles. The van der Waals surface area contributed by atoms with Crippen molar-refractivity contribution >= 4 is 60.6 Å². The Kier molecular flexibility index (Phi) is 7.56. The van der Waals surface area contributed by atoms with Gasteiger partial charge in [0.15, 0.2) is 0 Å². The zero-order valence-corrected chi connectivity index (χ0v) is 20.3. The standard InChI is InChI=1S/C19H17Cl3N5O4P/c1-4-25(15-9-8-11(10-14(15)22)17(28)31-32(2)3)18(29)27-19(30)26(23-24-27)16-12(20)6-5-7-13(16)21/h5-10H,4H2,1-3H3. The van der Waals surface area contributed by atoms with Crippen LogP contribution >= 0.6 is 43.0 Å². The van der Waals surface area contributed by atoms with Gasteiger partial charge in [-0.3, -0.25) is 4.90 Å². The molecule has 1 amide bonds. The third-order valence-electron chi connectivity index (χ3n) is 4.20. The Balaban J connectivity index is 1.96. The van der Waals surface area contributed by atoms with Crippen LogP contribution in [0.1, 0.15) is 17.3 Å². The van der Waals surface area contributed by atoms with Crippen LogP contribution in [0.4, 0.5) is 10.5 Å². The first-order chi connectivity index (χ1) is 15.1. The van der Waals surface area contributed by atoms with E-state index in [4.69, 9.17) is 39.3 Å². The minimum absolute atomic E-state index is 0.107. The van der Waals surface area contributed by atoms with Crippen LogP contribution in [0.15, 0.2) is 41.2 Å². The number of carbonyl (C=O) groups is 2. The van der Waals surface area contributed by atoms with Crippen molar-refractivity contribution in [1.29, 1.82) is 0 Å². The van der Waals surface area contributed by atoms with Gasteiger partial charge in [0.2, 0.25) is 0 Å². The molecule has 1 aromatic heterocycles. The summed E-state index contributed by atoms with van der Waals surface area (Å²) in [5.74, 6) is -0.514. The second kappa shape index (κ2) is 10.0. The van der Waals surface area contributed by atoms with Gasteiger partial charge >= 0.3 is 17.7 Å². The minimum Gasteiger partial charge on any atom is -0.442 e. The quantitative estimate of drug-likeness (QED) is 0.360. The molecule has 0 aliphatic carbocycles. The van der Waals surface area contributed by atoms with Gasteiger partial charge in [-0.15, -0.1) is 4.68 Å². The van der Waals surface area contributed by atoms with Crippen LogP contribution < -0.4 is 10.6 Å². The summed E-state index contributed by atoms with van der Waals surface area (Å²) in [5.41, 5.74) is -0.229. The van der Waals surface area contributed by atoms with Crippen molar-refractivity contribution in [3.05, 3.63) is 67.5 Å². The van der Waals surface area contributed by atoms with E-state index >= 15 is 0 Å². The van der Waals surface area contributed by atoms with Gasteiger partial charge in [0.1, 0.15) is 5.69 Å². The van der Waals surface area contributed by atoms with Crippen molar-refractivity contribution < 1.29 is 14.1 Å². The van der Waals surface area contributed by atoms with E-state index in [1.165, 1.54) is 35.2 Å². The normalized spacial score (nSPS) is 11.0. The molecule has 3 aromatic rings. The van der Waals surface area contributed by atoms with Crippen molar-refractivity contribution in [2.75, 3.05) is 24.8 Å². The van der Waals surface area contributed by atoms with Crippen LogP contribution in [0.2, 0.25) is 15.1 Å². The highest BCUT2D eigenvalue weighted by Crippen LogP contribution is 2.31. The highest BCUT2D eigenvalue weighted by molar-refractivity contribution is 7.51. The zero-order chi connectivity index (χ0) is 23.6. The topological polar surface area (TPSA) is 99.3 Å². The molecule has 0 saturated heterocycles. The highest BCUT2D eigenvalue weighted by Gasteiger charge is 2.25. The lowest BCUT2D eigenvalue weighted by atomic mass is 10.2. The van der Waals surface area contributed by atoms with Gasteiger partial charge in [0.05, 0.1) is 34.5 Å². The van der Waals surface area contributed by atoms with E-state index < -0.39 is 25.8 Å². The molecule has 0 fully saturated rings. The van der Waals surface area contributed by atoms with E-state index in [9.17, 15) is 14.4 Å². The maximum absolute atomic E-state index is 13.1. The van der Waals surface area contributed by atoms with Gasteiger partial charge in [0, 0.05) is 6.54 Å². The fraction of sp³-hybridized carbons (Fsp3) is 0.211. The molecule has 0 saturated carbocycles. The molecule has 0 N–H and O–H groups in total. The van der Waals surface area contributed by atoms with Crippen molar-refractivity contribution in [1.82, 2.24) is 19.8 Å². The minimum atomic E-state index is -0.894. The van der Waals surface area contributed by atoms with Gasteiger partial charge in [-0.1, -0.05) is 40.9 Å². The molecule has 0 atom stereocenters. The first-order valence-electron chi connectivity index (χ1n) is 9.16. The molecule has 0 radical (unpaired) electrons. The Hall–Kier alpha value is -2.45. The van der Waals surface area contributed by atoms with E-state index in [1.54, 1.807) is 26.3 Å². The molecule has 0 bridgehead atoms. The number of aromatic nitrogens is 4. The third-order valence-corrected chi connectivity index (χ3v) is 5.64. The van der Waals surface area contributed by atoms with Crippen molar-refractivity contribution in [3.63, 3.8) is 0 Å². The van der Waals surface area contributed by atoms with Crippen LogP contribution in [0.5, 0.6) is 0 Å². The van der Waals surface area contributed by atoms with Crippen LogP contribution in [0.25, 0.3) is 5.69 Å². The summed E-state index contributed by atoms with van der Waals surface area (Å²) in [6, 6.07) is 8.25. The summed E-state index contributed by atoms with van der Waals surface area (Å²) in [6.07, 6.45) is 0. The molecule has 0 spiro atoms. The van der Waals surface area contributed by atoms with E-state index in [1.807, 2.05) is 0 Å². The summed E-state index contributed by atoms with van der Waals surface area (Å²) < 4.78 is 6.62. The molecule has 168 valence electrons. The summed E-state index contributed by atoms with van der Waals surface area (Å²) in [6.45, 7) is 5.44. The molecule has 13 heteroatoms. The lowest BCUT2D eigenvalue weighted by Gasteiger charge is -2.21. The van der Waals surface area contributed by atoms with E-state index in [-0.39, 0.29) is 38.6 Å². The molecule has 0 aliphatic heterocycles. The molecular formula is C19H17Cl3N5O4P. The van der Waals surface area contributed by atoms with Crippen molar-refractivity contribution in [2.24, 2.45) is 0 Å². The first kappa shape index (κ1) is 24.2. The zero-order valence-electron chi connectivity index (χ0n) is 17.1. The van der Waals surface area contributed by atoms with Gasteiger partial charge in [-0.25, -0.2) is 14.4 Å². The lowest BCUT2D eigenvalue weighted by molar-refractivity contribution is 0.0757. The second-order valence-electron chi connectivity index (χ2n) is 6.54. The fourth-order valence-electron chi connectivity index (χ4n) is 2.79. The number of amides is 1. The summed E-state index contributed by atoms with van der Waals surface area (Å²) in [7, 11) is -0.894. The number of hydrogen-bond donors (Lipinski definition) is 0. The molecule has 9 nitrogen and oxygen atoms in total. The number of benzene rings is 2. The van der Waals surface area contributed by atoms with Gasteiger partial charge in [-0.05, 0) is 61.0 Å². The number of halogens is 3. The fourth-order valence-corrected chi connectivity index (χ4v) is 4.07.